The highest BCUT2D eigenvalue weighted by Crippen LogP contribution is 2.32. The molecule has 0 radical (unpaired) electrons. The zero-order valence-corrected chi connectivity index (χ0v) is 11.8. The molecule has 1 atom stereocenters. The summed E-state index contributed by atoms with van der Waals surface area (Å²) in [5.74, 6) is 1.49. The molecule has 1 aliphatic carbocycles. The van der Waals surface area contributed by atoms with Gasteiger partial charge in [-0.25, -0.2) is 0 Å². The first kappa shape index (κ1) is 13.9. The van der Waals surface area contributed by atoms with Crippen LogP contribution in [0.4, 0.5) is 0 Å². The quantitative estimate of drug-likeness (QED) is 0.824. The van der Waals surface area contributed by atoms with Crippen LogP contribution in [0.5, 0.6) is 11.5 Å². The van der Waals surface area contributed by atoms with E-state index in [1.807, 2.05) is 18.2 Å². The molecule has 0 saturated heterocycles. The summed E-state index contributed by atoms with van der Waals surface area (Å²) in [7, 11) is 3.29. The summed E-state index contributed by atoms with van der Waals surface area (Å²) in [6, 6.07) is 5.95. The van der Waals surface area contributed by atoms with Crippen LogP contribution in [0.2, 0.25) is 0 Å². The monoisotopic (exact) mass is 261 g/mol. The molecule has 2 rings (SSSR count). The van der Waals surface area contributed by atoms with E-state index in [4.69, 9.17) is 15.2 Å². The van der Waals surface area contributed by atoms with Crippen LogP contribution in [0.25, 0.3) is 0 Å². The standard InChI is InChI=1S/C16H23NO2/c1-18-15-9-8-13(11-16(15)19-2)14(17)10-12-6-4-3-5-7-12/h6,8-9,11,14H,3-5,7,10,17H2,1-2H3. The van der Waals surface area contributed by atoms with Crippen molar-refractivity contribution in [2.45, 2.75) is 38.1 Å². The van der Waals surface area contributed by atoms with Crippen molar-refractivity contribution < 1.29 is 9.47 Å². The van der Waals surface area contributed by atoms with Crippen molar-refractivity contribution in [3.05, 3.63) is 35.4 Å². The fraction of sp³-hybridized carbons (Fsp3) is 0.500. The van der Waals surface area contributed by atoms with Gasteiger partial charge in [-0.1, -0.05) is 17.7 Å². The minimum absolute atomic E-state index is 0.0316. The molecule has 0 bridgehead atoms. The fourth-order valence-corrected chi connectivity index (χ4v) is 2.57. The largest absolute Gasteiger partial charge is 0.493 e. The smallest absolute Gasteiger partial charge is 0.161 e. The molecule has 104 valence electrons. The van der Waals surface area contributed by atoms with E-state index in [0.29, 0.717) is 0 Å². The lowest BCUT2D eigenvalue weighted by Crippen LogP contribution is -2.12. The molecule has 1 aliphatic rings. The zero-order chi connectivity index (χ0) is 13.7. The third-order valence-corrected chi connectivity index (χ3v) is 3.70. The average Bonchev–Trinajstić information content (AvgIpc) is 2.47. The van der Waals surface area contributed by atoms with Gasteiger partial charge in [0.2, 0.25) is 0 Å². The molecule has 3 heteroatoms. The van der Waals surface area contributed by atoms with Crippen LogP contribution in [0.15, 0.2) is 29.8 Å². The van der Waals surface area contributed by atoms with Crippen LogP contribution in [0.3, 0.4) is 0 Å². The summed E-state index contributed by atoms with van der Waals surface area (Å²) in [5, 5.41) is 0. The molecular weight excluding hydrogens is 238 g/mol. The van der Waals surface area contributed by atoms with Crippen molar-refractivity contribution in [2.24, 2.45) is 5.73 Å². The van der Waals surface area contributed by atoms with Crippen LogP contribution in [-0.4, -0.2) is 14.2 Å². The van der Waals surface area contributed by atoms with Crippen LogP contribution < -0.4 is 15.2 Å². The summed E-state index contributed by atoms with van der Waals surface area (Å²) in [4.78, 5) is 0. The SMILES string of the molecule is COc1ccc(C(N)CC2=CCCCC2)cc1OC. The molecule has 1 aromatic rings. The van der Waals surface area contributed by atoms with Gasteiger partial charge in [-0.15, -0.1) is 0 Å². The maximum atomic E-state index is 6.30. The van der Waals surface area contributed by atoms with Gasteiger partial charge in [0.05, 0.1) is 14.2 Å². The van der Waals surface area contributed by atoms with E-state index in [1.165, 1.54) is 31.3 Å². The van der Waals surface area contributed by atoms with Gasteiger partial charge in [-0.2, -0.15) is 0 Å². The zero-order valence-electron chi connectivity index (χ0n) is 11.8. The Kier molecular flexibility index (Phi) is 4.86. The lowest BCUT2D eigenvalue weighted by molar-refractivity contribution is 0.354. The Labute approximate surface area is 115 Å². The lowest BCUT2D eigenvalue weighted by atomic mass is 9.92. The van der Waals surface area contributed by atoms with Gasteiger partial charge in [-0.3, -0.25) is 0 Å². The summed E-state index contributed by atoms with van der Waals surface area (Å²) in [6.45, 7) is 0. The highest BCUT2D eigenvalue weighted by molar-refractivity contribution is 5.44. The molecule has 2 N–H and O–H groups in total. The molecule has 1 unspecified atom stereocenters. The van der Waals surface area contributed by atoms with Gasteiger partial charge in [0, 0.05) is 6.04 Å². The Morgan fingerprint density at radius 2 is 1.95 bits per heavy atom. The normalized spacial score (nSPS) is 16.7. The van der Waals surface area contributed by atoms with E-state index < -0.39 is 0 Å². The van der Waals surface area contributed by atoms with Crippen molar-refractivity contribution in [3.63, 3.8) is 0 Å². The number of allylic oxidation sites excluding steroid dienone is 1. The van der Waals surface area contributed by atoms with E-state index in [1.54, 1.807) is 14.2 Å². The number of methoxy groups -OCH3 is 2. The van der Waals surface area contributed by atoms with Crippen LogP contribution in [0, 0.1) is 0 Å². The number of ether oxygens (including phenoxy) is 2. The van der Waals surface area contributed by atoms with E-state index >= 15 is 0 Å². The maximum Gasteiger partial charge on any atom is 0.161 e. The minimum atomic E-state index is 0.0316. The molecule has 0 aromatic heterocycles. The molecule has 0 heterocycles. The van der Waals surface area contributed by atoms with E-state index in [0.717, 1.165) is 23.5 Å². The van der Waals surface area contributed by atoms with Crippen LogP contribution >= 0.6 is 0 Å². The van der Waals surface area contributed by atoms with Gasteiger partial charge in [-0.05, 0) is 49.8 Å². The second-order valence-electron chi connectivity index (χ2n) is 5.03. The molecule has 0 spiro atoms. The van der Waals surface area contributed by atoms with Crippen molar-refractivity contribution in [1.82, 2.24) is 0 Å². The average molecular weight is 261 g/mol. The predicted octanol–water partition coefficient (Wildman–Crippen LogP) is 3.59. The van der Waals surface area contributed by atoms with Crippen LogP contribution in [-0.2, 0) is 0 Å². The summed E-state index contributed by atoms with van der Waals surface area (Å²) in [5.41, 5.74) is 8.90. The number of hydrogen-bond acceptors (Lipinski definition) is 3. The van der Waals surface area contributed by atoms with Crippen LogP contribution in [0.1, 0.15) is 43.7 Å². The van der Waals surface area contributed by atoms with Crippen molar-refractivity contribution in [3.8, 4) is 11.5 Å². The Bertz CT molecular complexity index is 454. The van der Waals surface area contributed by atoms with Crippen molar-refractivity contribution in [2.75, 3.05) is 14.2 Å². The molecule has 0 aliphatic heterocycles. The summed E-state index contributed by atoms with van der Waals surface area (Å²) in [6.07, 6.45) is 8.30. The number of benzene rings is 1. The summed E-state index contributed by atoms with van der Waals surface area (Å²) >= 11 is 0. The molecule has 0 fully saturated rings. The number of hydrogen-bond donors (Lipinski definition) is 1. The molecule has 0 saturated carbocycles. The van der Waals surface area contributed by atoms with E-state index in [-0.39, 0.29) is 6.04 Å². The Balaban J connectivity index is 2.10. The third kappa shape index (κ3) is 3.51. The van der Waals surface area contributed by atoms with E-state index in [2.05, 4.69) is 6.08 Å². The topological polar surface area (TPSA) is 44.5 Å². The Morgan fingerprint density at radius 1 is 1.16 bits per heavy atom. The molecule has 0 amide bonds. The second kappa shape index (κ2) is 6.62. The van der Waals surface area contributed by atoms with Gasteiger partial charge in [0.1, 0.15) is 0 Å². The van der Waals surface area contributed by atoms with Gasteiger partial charge >= 0.3 is 0 Å². The van der Waals surface area contributed by atoms with Gasteiger partial charge in [0.25, 0.3) is 0 Å². The predicted molar refractivity (Wildman–Crippen MR) is 77.6 cm³/mol. The molecular formula is C16H23NO2. The first-order valence-electron chi connectivity index (χ1n) is 6.90. The second-order valence-corrected chi connectivity index (χ2v) is 5.03. The number of nitrogens with two attached hydrogens (primary N) is 1. The highest BCUT2D eigenvalue weighted by atomic mass is 16.5. The summed E-state index contributed by atoms with van der Waals surface area (Å²) < 4.78 is 10.6. The third-order valence-electron chi connectivity index (χ3n) is 3.70. The van der Waals surface area contributed by atoms with Gasteiger partial charge in [0.15, 0.2) is 11.5 Å². The number of rotatable bonds is 5. The van der Waals surface area contributed by atoms with E-state index in [9.17, 15) is 0 Å². The van der Waals surface area contributed by atoms with Gasteiger partial charge < -0.3 is 15.2 Å². The highest BCUT2D eigenvalue weighted by Gasteiger charge is 2.13. The molecule has 3 nitrogen and oxygen atoms in total. The van der Waals surface area contributed by atoms with Crippen molar-refractivity contribution in [1.29, 1.82) is 0 Å². The molecule has 1 aromatic carbocycles. The minimum Gasteiger partial charge on any atom is -0.493 e. The fourth-order valence-electron chi connectivity index (χ4n) is 2.57. The Hall–Kier alpha value is -1.48. The lowest BCUT2D eigenvalue weighted by Gasteiger charge is -2.18. The Morgan fingerprint density at radius 3 is 2.58 bits per heavy atom. The molecule has 19 heavy (non-hydrogen) atoms. The first-order chi connectivity index (χ1) is 9.24. The first-order valence-corrected chi connectivity index (χ1v) is 6.90. The van der Waals surface area contributed by atoms with Crippen molar-refractivity contribution >= 4 is 0 Å². The maximum absolute atomic E-state index is 6.30.